The number of aromatic nitrogens is 2. The predicted molar refractivity (Wildman–Crippen MR) is 105 cm³/mol. The van der Waals surface area contributed by atoms with E-state index in [0.29, 0.717) is 17.5 Å². The number of benzene rings is 2. The van der Waals surface area contributed by atoms with E-state index in [1.165, 1.54) is 5.56 Å². The average Bonchev–Trinajstić information content (AvgIpc) is 2.67. The van der Waals surface area contributed by atoms with Crippen molar-refractivity contribution in [1.82, 2.24) is 9.97 Å². The third-order valence-electron chi connectivity index (χ3n) is 4.61. The first-order valence-corrected chi connectivity index (χ1v) is 8.92. The van der Waals surface area contributed by atoms with Crippen LogP contribution in [0.2, 0.25) is 0 Å². The lowest BCUT2D eigenvalue weighted by molar-refractivity contribution is 0.0698. The molecule has 2 N–H and O–H groups in total. The van der Waals surface area contributed by atoms with Crippen LogP contribution in [0.4, 0.5) is 23.1 Å². The smallest absolute Gasteiger partial charge is 0.337 e. The van der Waals surface area contributed by atoms with E-state index in [1.807, 2.05) is 19.1 Å². The molecule has 136 valence electrons. The van der Waals surface area contributed by atoms with Crippen LogP contribution in [-0.4, -0.2) is 27.6 Å². The van der Waals surface area contributed by atoms with Gasteiger partial charge in [-0.25, -0.2) is 9.78 Å². The van der Waals surface area contributed by atoms with Gasteiger partial charge in [-0.05, 0) is 43.5 Å². The minimum atomic E-state index is -0.978. The normalized spacial score (nSPS) is 13.1. The van der Waals surface area contributed by atoms with Crippen LogP contribution in [0.5, 0.6) is 0 Å². The Balaban J connectivity index is 1.71. The van der Waals surface area contributed by atoms with Crippen molar-refractivity contribution in [2.75, 3.05) is 16.8 Å². The second-order valence-corrected chi connectivity index (χ2v) is 6.55. The predicted octanol–water partition coefficient (Wildman–Crippen LogP) is 4.31. The fourth-order valence-corrected chi connectivity index (χ4v) is 3.40. The molecule has 0 radical (unpaired) electrons. The molecule has 1 aliphatic heterocycles. The zero-order valence-electron chi connectivity index (χ0n) is 15.0. The van der Waals surface area contributed by atoms with E-state index in [9.17, 15) is 9.90 Å². The molecule has 0 saturated carbocycles. The Kier molecular flexibility index (Phi) is 4.46. The lowest BCUT2D eigenvalue weighted by Gasteiger charge is -2.29. The number of aromatic carboxylic acids is 1. The number of hydrogen-bond donors (Lipinski definition) is 2. The highest BCUT2D eigenvalue weighted by atomic mass is 16.4. The molecule has 0 fully saturated rings. The molecule has 1 aliphatic rings. The number of para-hydroxylation sites is 2. The first kappa shape index (κ1) is 17.0. The summed E-state index contributed by atoms with van der Waals surface area (Å²) in [5.74, 6) is 0.223. The van der Waals surface area contributed by atoms with Crippen molar-refractivity contribution in [2.24, 2.45) is 0 Å². The van der Waals surface area contributed by atoms with Crippen molar-refractivity contribution in [3.05, 3.63) is 71.4 Å². The number of nitrogens with zero attached hydrogens (tertiary/aromatic N) is 3. The van der Waals surface area contributed by atoms with Crippen LogP contribution in [0.3, 0.4) is 0 Å². The first-order chi connectivity index (χ1) is 13.1. The Hall–Kier alpha value is -3.41. The fourth-order valence-electron chi connectivity index (χ4n) is 3.40. The van der Waals surface area contributed by atoms with Gasteiger partial charge in [0.2, 0.25) is 5.95 Å². The largest absolute Gasteiger partial charge is 0.478 e. The molecule has 0 unspecified atom stereocenters. The molecule has 2 aromatic carbocycles. The minimum absolute atomic E-state index is 0.207. The molecule has 27 heavy (non-hydrogen) atoms. The fraction of sp³-hybridized carbons (Fsp3) is 0.190. The second-order valence-electron chi connectivity index (χ2n) is 6.55. The van der Waals surface area contributed by atoms with Gasteiger partial charge in [0.25, 0.3) is 0 Å². The number of fused-ring (bicyclic) bond motifs is 1. The SMILES string of the molecule is Cc1cc(Nc2ccccc2C(=O)O)nc(N2CCCc3ccccc32)n1. The van der Waals surface area contributed by atoms with Crippen LogP contribution < -0.4 is 10.2 Å². The van der Waals surface area contributed by atoms with Gasteiger partial charge in [0, 0.05) is 24.0 Å². The van der Waals surface area contributed by atoms with E-state index in [-0.39, 0.29) is 5.56 Å². The van der Waals surface area contributed by atoms with E-state index in [0.717, 1.165) is 30.8 Å². The van der Waals surface area contributed by atoms with Crippen molar-refractivity contribution in [3.8, 4) is 0 Å². The molecule has 0 bridgehead atoms. The van der Waals surface area contributed by atoms with Gasteiger partial charge in [0.05, 0.1) is 11.3 Å². The summed E-state index contributed by atoms with van der Waals surface area (Å²) in [7, 11) is 0. The third-order valence-corrected chi connectivity index (χ3v) is 4.61. The molecular formula is C21H20N4O2. The molecule has 3 aromatic rings. The summed E-state index contributed by atoms with van der Waals surface area (Å²) in [6.07, 6.45) is 2.09. The molecule has 0 spiro atoms. The molecule has 0 atom stereocenters. The van der Waals surface area contributed by atoms with Crippen LogP contribution in [0, 0.1) is 6.92 Å². The molecule has 2 heterocycles. The number of carboxylic acids is 1. The lowest BCUT2D eigenvalue weighted by Crippen LogP contribution is -2.26. The van der Waals surface area contributed by atoms with Gasteiger partial charge < -0.3 is 15.3 Å². The van der Waals surface area contributed by atoms with Gasteiger partial charge >= 0.3 is 5.97 Å². The Morgan fingerprint density at radius 2 is 1.89 bits per heavy atom. The third kappa shape index (κ3) is 3.46. The van der Waals surface area contributed by atoms with Crippen LogP contribution in [0.15, 0.2) is 54.6 Å². The number of carboxylic acid groups (broad SMARTS) is 1. The van der Waals surface area contributed by atoms with E-state index < -0.39 is 5.97 Å². The maximum absolute atomic E-state index is 11.4. The number of carbonyl (C=O) groups is 1. The number of anilines is 4. The molecule has 0 saturated heterocycles. The zero-order chi connectivity index (χ0) is 18.8. The van der Waals surface area contributed by atoms with Crippen LogP contribution in [-0.2, 0) is 6.42 Å². The first-order valence-electron chi connectivity index (χ1n) is 8.92. The van der Waals surface area contributed by atoms with Gasteiger partial charge in [-0.2, -0.15) is 4.98 Å². The van der Waals surface area contributed by atoms with E-state index >= 15 is 0 Å². The maximum Gasteiger partial charge on any atom is 0.337 e. The minimum Gasteiger partial charge on any atom is -0.478 e. The number of aryl methyl sites for hydroxylation is 2. The summed E-state index contributed by atoms with van der Waals surface area (Å²) in [6.45, 7) is 2.76. The maximum atomic E-state index is 11.4. The van der Waals surface area contributed by atoms with Crippen molar-refractivity contribution in [3.63, 3.8) is 0 Å². The molecule has 4 rings (SSSR count). The molecule has 0 amide bonds. The Labute approximate surface area is 157 Å². The Morgan fingerprint density at radius 1 is 1.11 bits per heavy atom. The highest BCUT2D eigenvalue weighted by Gasteiger charge is 2.21. The lowest BCUT2D eigenvalue weighted by atomic mass is 10.0. The highest BCUT2D eigenvalue weighted by molar-refractivity contribution is 5.95. The summed E-state index contributed by atoms with van der Waals surface area (Å²) >= 11 is 0. The average molecular weight is 360 g/mol. The van der Waals surface area contributed by atoms with Crippen molar-refractivity contribution < 1.29 is 9.90 Å². The Morgan fingerprint density at radius 3 is 2.74 bits per heavy atom. The number of rotatable bonds is 4. The number of hydrogen-bond acceptors (Lipinski definition) is 5. The summed E-state index contributed by atoms with van der Waals surface area (Å²) in [5, 5.41) is 12.5. The van der Waals surface area contributed by atoms with Crippen LogP contribution >= 0.6 is 0 Å². The van der Waals surface area contributed by atoms with Crippen molar-refractivity contribution in [1.29, 1.82) is 0 Å². The van der Waals surface area contributed by atoms with Crippen LogP contribution in [0.1, 0.15) is 28.0 Å². The van der Waals surface area contributed by atoms with Gasteiger partial charge in [-0.15, -0.1) is 0 Å². The van der Waals surface area contributed by atoms with Crippen molar-refractivity contribution in [2.45, 2.75) is 19.8 Å². The Bertz CT molecular complexity index is 1000. The van der Waals surface area contributed by atoms with E-state index in [1.54, 1.807) is 24.3 Å². The van der Waals surface area contributed by atoms with Gasteiger partial charge in [0.15, 0.2) is 0 Å². The monoisotopic (exact) mass is 360 g/mol. The molecule has 6 nitrogen and oxygen atoms in total. The highest BCUT2D eigenvalue weighted by Crippen LogP contribution is 2.32. The van der Waals surface area contributed by atoms with Gasteiger partial charge in [-0.3, -0.25) is 0 Å². The van der Waals surface area contributed by atoms with E-state index in [4.69, 9.17) is 0 Å². The second kappa shape index (κ2) is 7.07. The molecule has 6 heteroatoms. The quantitative estimate of drug-likeness (QED) is 0.722. The molecule has 0 aliphatic carbocycles. The summed E-state index contributed by atoms with van der Waals surface area (Å²) in [4.78, 5) is 22.9. The van der Waals surface area contributed by atoms with E-state index in [2.05, 4.69) is 38.4 Å². The topological polar surface area (TPSA) is 78.3 Å². The van der Waals surface area contributed by atoms with Gasteiger partial charge in [-0.1, -0.05) is 30.3 Å². The standard InChI is InChI=1S/C21H20N4O2/c1-14-13-19(23-17-10-4-3-9-16(17)20(26)27)24-21(22-14)25-12-6-8-15-7-2-5-11-18(15)25/h2-5,7,9-11,13H,6,8,12H2,1H3,(H,26,27)(H,22,23,24). The van der Waals surface area contributed by atoms with Crippen molar-refractivity contribution >= 4 is 29.1 Å². The molecular weight excluding hydrogens is 340 g/mol. The summed E-state index contributed by atoms with van der Waals surface area (Å²) in [6, 6.07) is 16.9. The summed E-state index contributed by atoms with van der Waals surface area (Å²) < 4.78 is 0. The van der Waals surface area contributed by atoms with Crippen LogP contribution in [0.25, 0.3) is 0 Å². The molecule has 1 aromatic heterocycles. The summed E-state index contributed by atoms with van der Waals surface area (Å²) in [5.41, 5.74) is 3.95. The number of nitrogens with one attached hydrogen (secondary N) is 1. The van der Waals surface area contributed by atoms with Gasteiger partial charge in [0.1, 0.15) is 5.82 Å². The zero-order valence-corrected chi connectivity index (χ0v) is 15.0.